The maximum Gasteiger partial charge on any atom is 0.408 e. The lowest BCUT2D eigenvalue weighted by molar-refractivity contribution is -0.143. The fourth-order valence-electron chi connectivity index (χ4n) is 1.65. The van der Waals surface area contributed by atoms with E-state index >= 15 is 0 Å². The number of Topliss-reactive ketones (excluding diaryl/α,β-unsaturated/α-hetero) is 1. The van der Waals surface area contributed by atoms with Crippen LogP contribution in [0.3, 0.4) is 0 Å². The molecule has 1 amide bonds. The van der Waals surface area contributed by atoms with Crippen molar-refractivity contribution in [3.63, 3.8) is 0 Å². The maximum absolute atomic E-state index is 11.7. The van der Waals surface area contributed by atoms with Crippen molar-refractivity contribution in [1.29, 1.82) is 0 Å². The van der Waals surface area contributed by atoms with Gasteiger partial charge in [0.05, 0.1) is 7.11 Å². The van der Waals surface area contributed by atoms with E-state index in [9.17, 15) is 14.4 Å². The molecule has 0 aliphatic heterocycles. The van der Waals surface area contributed by atoms with E-state index < -0.39 is 23.7 Å². The molecule has 21 heavy (non-hydrogen) atoms. The van der Waals surface area contributed by atoms with Crippen LogP contribution in [0.1, 0.15) is 59.8 Å². The number of hydrogen-bond donors (Lipinski definition) is 1. The Bertz CT molecular complexity index is 360. The Morgan fingerprint density at radius 1 is 1.14 bits per heavy atom. The summed E-state index contributed by atoms with van der Waals surface area (Å²) in [5.41, 5.74) is -0.651. The second-order valence-electron chi connectivity index (χ2n) is 5.90. The van der Waals surface area contributed by atoms with Crippen molar-refractivity contribution in [2.45, 2.75) is 71.4 Å². The van der Waals surface area contributed by atoms with Gasteiger partial charge in [-0.05, 0) is 33.6 Å². The van der Waals surface area contributed by atoms with Gasteiger partial charge in [-0.25, -0.2) is 9.59 Å². The van der Waals surface area contributed by atoms with Crippen LogP contribution in [0.15, 0.2) is 0 Å². The van der Waals surface area contributed by atoms with E-state index in [2.05, 4.69) is 10.1 Å². The van der Waals surface area contributed by atoms with Gasteiger partial charge >= 0.3 is 12.1 Å². The normalized spacial score (nSPS) is 12.4. The molecular formula is C15H27NO5. The lowest BCUT2D eigenvalue weighted by Crippen LogP contribution is -2.44. The van der Waals surface area contributed by atoms with Crippen molar-refractivity contribution >= 4 is 17.8 Å². The van der Waals surface area contributed by atoms with Gasteiger partial charge in [0.2, 0.25) is 0 Å². The van der Waals surface area contributed by atoms with Gasteiger partial charge in [-0.2, -0.15) is 0 Å². The first kappa shape index (κ1) is 19.4. The monoisotopic (exact) mass is 301 g/mol. The first-order chi connectivity index (χ1) is 9.69. The molecule has 122 valence electrons. The van der Waals surface area contributed by atoms with Crippen LogP contribution in [0.2, 0.25) is 0 Å². The Labute approximate surface area is 126 Å². The van der Waals surface area contributed by atoms with Gasteiger partial charge in [-0.1, -0.05) is 13.3 Å². The quantitative estimate of drug-likeness (QED) is 0.697. The number of esters is 1. The molecule has 0 unspecified atom stereocenters. The zero-order valence-corrected chi connectivity index (χ0v) is 13.7. The highest BCUT2D eigenvalue weighted by molar-refractivity contribution is 5.83. The summed E-state index contributed by atoms with van der Waals surface area (Å²) in [6.45, 7) is 7.20. The largest absolute Gasteiger partial charge is 0.467 e. The molecule has 0 saturated heterocycles. The molecular weight excluding hydrogens is 274 g/mol. The fourth-order valence-corrected chi connectivity index (χ4v) is 1.65. The third kappa shape index (κ3) is 9.87. The number of alkyl carbamates (subject to hydrolysis) is 1. The molecule has 0 aliphatic carbocycles. The molecule has 1 N–H and O–H groups in total. The minimum Gasteiger partial charge on any atom is -0.467 e. The maximum atomic E-state index is 11.7. The Morgan fingerprint density at radius 2 is 1.76 bits per heavy atom. The van der Waals surface area contributed by atoms with Crippen molar-refractivity contribution in [2.24, 2.45) is 0 Å². The van der Waals surface area contributed by atoms with Crippen LogP contribution < -0.4 is 5.32 Å². The van der Waals surface area contributed by atoms with E-state index in [1.54, 1.807) is 20.8 Å². The van der Waals surface area contributed by atoms with Crippen molar-refractivity contribution in [3.05, 3.63) is 0 Å². The standard InChI is InChI=1S/C15H27NO5/c1-6-7-8-11(17)9-10-12(13(18)20-5)16-14(19)21-15(2,3)4/h12H,6-10H2,1-5H3,(H,16,19)/t12-/m0/s1. The molecule has 0 aromatic rings. The molecule has 1 atom stereocenters. The van der Waals surface area contributed by atoms with Crippen LogP contribution in [0.4, 0.5) is 4.79 Å². The van der Waals surface area contributed by atoms with Gasteiger partial charge < -0.3 is 14.8 Å². The van der Waals surface area contributed by atoms with Crippen molar-refractivity contribution in [2.75, 3.05) is 7.11 Å². The van der Waals surface area contributed by atoms with Crippen molar-refractivity contribution in [1.82, 2.24) is 5.32 Å². The number of ether oxygens (including phenoxy) is 2. The molecule has 0 fully saturated rings. The Morgan fingerprint density at radius 3 is 2.24 bits per heavy atom. The number of unbranched alkanes of at least 4 members (excludes halogenated alkanes) is 1. The number of hydrogen-bond acceptors (Lipinski definition) is 5. The summed E-state index contributed by atoms with van der Waals surface area (Å²) in [5, 5.41) is 2.45. The molecule has 0 heterocycles. The Kier molecular flexibility index (Phi) is 8.66. The number of rotatable bonds is 8. The third-order valence-corrected chi connectivity index (χ3v) is 2.70. The molecule has 0 saturated carbocycles. The zero-order chi connectivity index (χ0) is 16.5. The first-order valence-corrected chi connectivity index (χ1v) is 7.28. The van der Waals surface area contributed by atoms with Crippen LogP contribution in [0.25, 0.3) is 0 Å². The molecule has 0 bridgehead atoms. The summed E-state index contributed by atoms with van der Waals surface area (Å²) in [6, 6.07) is -0.865. The Balaban J connectivity index is 4.43. The van der Waals surface area contributed by atoms with Crippen LogP contribution >= 0.6 is 0 Å². The molecule has 0 aromatic heterocycles. The van der Waals surface area contributed by atoms with Gasteiger partial charge in [-0.15, -0.1) is 0 Å². The first-order valence-electron chi connectivity index (χ1n) is 7.28. The highest BCUT2D eigenvalue weighted by Gasteiger charge is 2.25. The molecule has 0 spiro atoms. The smallest absolute Gasteiger partial charge is 0.408 e. The molecule has 6 nitrogen and oxygen atoms in total. The number of nitrogens with one attached hydrogen (secondary N) is 1. The average Bonchev–Trinajstić information content (AvgIpc) is 2.37. The Hall–Kier alpha value is -1.59. The number of carbonyl (C=O) groups excluding carboxylic acids is 3. The third-order valence-electron chi connectivity index (χ3n) is 2.70. The van der Waals surface area contributed by atoms with E-state index in [4.69, 9.17) is 4.74 Å². The van der Waals surface area contributed by atoms with E-state index in [1.807, 2.05) is 6.92 Å². The van der Waals surface area contributed by atoms with Crippen LogP contribution in [0, 0.1) is 0 Å². The fraction of sp³-hybridized carbons (Fsp3) is 0.800. The molecule has 0 aromatic carbocycles. The van der Waals surface area contributed by atoms with Gasteiger partial charge in [0, 0.05) is 12.8 Å². The number of amides is 1. The van der Waals surface area contributed by atoms with E-state index in [0.29, 0.717) is 6.42 Å². The molecule has 0 aliphatic rings. The molecule has 0 rings (SSSR count). The van der Waals surface area contributed by atoms with Gasteiger partial charge in [0.15, 0.2) is 0 Å². The van der Waals surface area contributed by atoms with E-state index in [0.717, 1.165) is 12.8 Å². The van der Waals surface area contributed by atoms with Gasteiger partial charge in [0.25, 0.3) is 0 Å². The summed E-state index contributed by atoms with van der Waals surface area (Å²) in [7, 11) is 1.24. The minimum atomic E-state index is -0.865. The summed E-state index contributed by atoms with van der Waals surface area (Å²) in [5.74, 6) is -0.499. The number of carbonyl (C=O) groups is 3. The zero-order valence-electron chi connectivity index (χ0n) is 13.7. The lowest BCUT2D eigenvalue weighted by atomic mass is 10.1. The van der Waals surface area contributed by atoms with Crippen LogP contribution in [0.5, 0.6) is 0 Å². The van der Waals surface area contributed by atoms with E-state index in [1.165, 1.54) is 7.11 Å². The number of methoxy groups -OCH3 is 1. The second kappa shape index (κ2) is 9.37. The highest BCUT2D eigenvalue weighted by Crippen LogP contribution is 2.09. The second-order valence-corrected chi connectivity index (χ2v) is 5.90. The summed E-state index contributed by atoms with van der Waals surface area (Å²) in [6.07, 6.45) is 2.03. The van der Waals surface area contributed by atoms with Crippen molar-refractivity contribution < 1.29 is 23.9 Å². The molecule has 6 heteroatoms. The van der Waals surface area contributed by atoms with Gasteiger partial charge in [-0.3, -0.25) is 4.79 Å². The topological polar surface area (TPSA) is 81.7 Å². The summed E-state index contributed by atoms with van der Waals surface area (Å²) in [4.78, 5) is 35.0. The summed E-state index contributed by atoms with van der Waals surface area (Å²) < 4.78 is 9.73. The van der Waals surface area contributed by atoms with Crippen LogP contribution in [-0.2, 0) is 19.1 Å². The SMILES string of the molecule is CCCCC(=O)CC[C@H](NC(=O)OC(C)(C)C)C(=O)OC. The van der Waals surface area contributed by atoms with Crippen molar-refractivity contribution in [3.8, 4) is 0 Å². The highest BCUT2D eigenvalue weighted by atomic mass is 16.6. The average molecular weight is 301 g/mol. The number of ketones is 1. The van der Waals surface area contributed by atoms with Crippen LogP contribution in [-0.4, -0.2) is 36.6 Å². The summed E-state index contributed by atoms with van der Waals surface area (Å²) >= 11 is 0. The molecule has 0 radical (unpaired) electrons. The van der Waals surface area contributed by atoms with Gasteiger partial charge in [0.1, 0.15) is 17.4 Å². The predicted molar refractivity (Wildman–Crippen MR) is 78.9 cm³/mol. The predicted octanol–water partition coefficient (Wildman–Crippen LogP) is 2.59. The minimum absolute atomic E-state index is 0.0803. The lowest BCUT2D eigenvalue weighted by Gasteiger charge is -2.22. The van der Waals surface area contributed by atoms with E-state index in [-0.39, 0.29) is 18.6 Å².